The third-order valence-corrected chi connectivity index (χ3v) is 6.11. The largest absolute Gasteiger partial charge is 0.496 e. The van der Waals surface area contributed by atoms with Crippen LogP contribution in [0.5, 0.6) is 5.75 Å². The van der Waals surface area contributed by atoms with Crippen LogP contribution in [-0.4, -0.2) is 26.6 Å². The molecule has 0 aliphatic heterocycles. The summed E-state index contributed by atoms with van der Waals surface area (Å²) in [7, 11) is -2.02. The Hall–Kier alpha value is -1.64. The van der Waals surface area contributed by atoms with Crippen LogP contribution in [0.4, 0.5) is 0 Å². The highest BCUT2D eigenvalue weighted by molar-refractivity contribution is 7.91. The van der Waals surface area contributed by atoms with E-state index in [1.807, 2.05) is 6.92 Å². The molecule has 0 unspecified atom stereocenters. The summed E-state index contributed by atoms with van der Waals surface area (Å²) in [5.41, 5.74) is 0.499. The van der Waals surface area contributed by atoms with Crippen LogP contribution < -0.4 is 15.0 Å². The van der Waals surface area contributed by atoms with Crippen LogP contribution in [-0.2, 0) is 16.6 Å². The highest BCUT2D eigenvalue weighted by Gasteiger charge is 2.15. The summed E-state index contributed by atoms with van der Waals surface area (Å²) in [6.07, 6.45) is 0. The lowest BCUT2D eigenvalue weighted by Crippen LogP contribution is -2.31. The molecule has 120 valence electrons. The summed E-state index contributed by atoms with van der Waals surface area (Å²) >= 11 is 1.22. The molecule has 0 spiro atoms. The molecular weight excluding hydrogens is 324 g/mol. The van der Waals surface area contributed by atoms with Gasteiger partial charge in [0.1, 0.15) is 9.96 Å². The summed E-state index contributed by atoms with van der Waals surface area (Å²) in [4.78, 5) is 12.9. The number of rotatable bonds is 6. The summed E-state index contributed by atoms with van der Waals surface area (Å²) < 4.78 is 33.5. The van der Waals surface area contributed by atoms with Crippen molar-refractivity contribution in [3.63, 3.8) is 0 Å². The number of ether oxygens (including phenoxy) is 1. The Morgan fingerprint density at radius 3 is 2.55 bits per heavy atom. The fourth-order valence-electron chi connectivity index (χ4n) is 2.02. The van der Waals surface area contributed by atoms with Gasteiger partial charge in [-0.2, -0.15) is 0 Å². The van der Waals surface area contributed by atoms with Crippen LogP contribution in [0.1, 0.15) is 10.6 Å². The van der Waals surface area contributed by atoms with Gasteiger partial charge in [0, 0.05) is 29.7 Å². The van der Waals surface area contributed by atoms with Crippen molar-refractivity contribution in [2.45, 2.75) is 24.6 Å². The molecule has 0 aromatic carbocycles. The van der Waals surface area contributed by atoms with Crippen molar-refractivity contribution >= 4 is 21.4 Å². The van der Waals surface area contributed by atoms with Gasteiger partial charge in [0.25, 0.3) is 5.56 Å². The molecule has 22 heavy (non-hydrogen) atoms. The van der Waals surface area contributed by atoms with E-state index in [4.69, 9.17) is 4.74 Å². The number of aryl methyl sites for hydroxylation is 2. The monoisotopic (exact) mass is 342 g/mol. The van der Waals surface area contributed by atoms with Crippen molar-refractivity contribution in [2.24, 2.45) is 0 Å². The number of aromatic nitrogens is 1. The van der Waals surface area contributed by atoms with Gasteiger partial charge in [-0.15, -0.1) is 11.3 Å². The van der Waals surface area contributed by atoms with Crippen molar-refractivity contribution in [1.82, 2.24) is 9.29 Å². The molecule has 6 nitrogen and oxygen atoms in total. The van der Waals surface area contributed by atoms with Gasteiger partial charge in [-0.25, -0.2) is 13.1 Å². The maximum absolute atomic E-state index is 12.1. The van der Waals surface area contributed by atoms with Crippen LogP contribution in [0.3, 0.4) is 0 Å². The quantitative estimate of drug-likeness (QED) is 0.863. The number of pyridine rings is 1. The lowest BCUT2D eigenvalue weighted by atomic mass is 10.3. The van der Waals surface area contributed by atoms with Crippen LogP contribution in [0.25, 0.3) is 0 Å². The van der Waals surface area contributed by atoms with Crippen molar-refractivity contribution in [3.05, 3.63) is 45.2 Å². The van der Waals surface area contributed by atoms with Gasteiger partial charge in [-0.05, 0) is 32.0 Å². The maximum Gasteiger partial charge on any atom is 0.254 e. The van der Waals surface area contributed by atoms with Gasteiger partial charge in [0.05, 0.1) is 7.11 Å². The zero-order valence-corrected chi connectivity index (χ0v) is 14.3. The van der Waals surface area contributed by atoms with E-state index in [-0.39, 0.29) is 22.9 Å². The normalized spacial score (nSPS) is 11.6. The number of sulfonamides is 1. The van der Waals surface area contributed by atoms with E-state index < -0.39 is 10.0 Å². The molecule has 0 saturated carbocycles. The number of methoxy groups -OCH3 is 1. The number of nitrogens with zero attached hydrogens (tertiary/aromatic N) is 1. The third-order valence-electron chi connectivity index (χ3n) is 3.15. The van der Waals surface area contributed by atoms with E-state index >= 15 is 0 Å². The molecule has 0 amide bonds. The second-order valence-corrected chi connectivity index (χ2v) is 8.07. The fraction of sp³-hybridized carbons (Fsp3) is 0.357. The lowest BCUT2D eigenvalue weighted by molar-refractivity contribution is 0.411. The minimum absolute atomic E-state index is 0.145. The maximum atomic E-state index is 12.1. The number of thiophene rings is 1. The smallest absolute Gasteiger partial charge is 0.254 e. The number of hydrogen-bond donors (Lipinski definition) is 1. The van der Waals surface area contributed by atoms with Crippen LogP contribution >= 0.6 is 11.3 Å². The third kappa shape index (κ3) is 3.76. The first-order chi connectivity index (χ1) is 10.3. The summed E-state index contributed by atoms with van der Waals surface area (Å²) in [6.45, 7) is 4.04. The van der Waals surface area contributed by atoms with E-state index in [1.165, 1.54) is 29.1 Å². The molecule has 0 atom stereocenters. The lowest BCUT2D eigenvalue weighted by Gasteiger charge is -2.11. The average Bonchev–Trinajstić information content (AvgIpc) is 2.89. The Morgan fingerprint density at radius 1 is 1.27 bits per heavy atom. The first-order valence-electron chi connectivity index (χ1n) is 6.65. The molecule has 0 aliphatic carbocycles. The highest BCUT2D eigenvalue weighted by Crippen LogP contribution is 2.20. The molecule has 2 aromatic heterocycles. The zero-order chi connectivity index (χ0) is 16.3. The Labute approximate surface area is 133 Å². The van der Waals surface area contributed by atoms with Gasteiger partial charge < -0.3 is 9.30 Å². The van der Waals surface area contributed by atoms with Crippen LogP contribution in [0.15, 0.2) is 33.3 Å². The van der Waals surface area contributed by atoms with E-state index in [0.29, 0.717) is 5.75 Å². The minimum atomic E-state index is -3.52. The van der Waals surface area contributed by atoms with Gasteiger partial charge >= 0.3 is 0 Å². The average molecular weight is 342 g/mol. The topological polar surface area (TPSA) is 77.4 Å². The molecule has 0 fully saturated rings. The van der Waals surface area contributed by atoms with Crippen molar-refractivity contribution in [2.75, 3.05) is 13.7 Å². The van der Waals surface area contributed by atoms with Crippen molar-refractivity contribution in [3.8, 4) is 5.75 Å². The minimum Gasteiger partial charge on any atom is -0.496 e. The van der Waals surface area contributed by atoms with E-state index in [2.05, 4.69) is 4.72 Å². The van der Waals surface area contributed by atoms with Gasteiger partial charge in [-0.3, -0.25) is 4.79 Å². The predicted octanol–water partition coefficient (Wildman–Crippen LogP) is 1.51. The molecule has 2 heterocycles. The Morgan fingerprint density at radius 2 is 2.00 bits per heavy atom. The van der Waals surface area contributed by atoms with E-state index in [1.54, 1.807) is 25.1 Å². The van der Waals surface area contributed by atoms with Crippen molar-refractivity contribution < 1.29 is 13.2 Å². The Kier molecular flexibility index (Phi) is 5.05. The molecule has 2 aromatic rings. The zero-order valence-electron chi connectivity index (χ0n) is 12.6. The Balaban J connectivity index is 2.07. The molecule has 1 N–H and O–H groups in total. The van der Waals surface area contributed by atoms with Gasteiger partial charge in [0.2, 0.25) is 10.0 Å². The number of hydrogen-bond acceptors (Lipinski definition) is 5. The standard InChI is InChI=1S/C14H18N2O4S2/c1-10-8-12(20-3)9-13(17)16(10)7-6-15-22(18,19)14-5-4-11(2)21-14/h4-5,8-9,15H,6-7H2,1-3H3. The van der Waals surface area contributed by atoms with Gasteiger partial charge in [-0.1, -0.05) is 0 Å². The van der Waals surface area contributed by atoms with E-state index in [9.17, 15) is 13.2 Å². The molecule has 8 heteroatoms. The Bertz CT molecular complexity index is 822. The van der Waals surface area contributed by atoms with Crippen LogP contribution in [0.2, 0.25) is 0 Å². The predicted molar refractivity (Wildman–Crippen MR) is 86.2 cm³/mol. The molecular formula is C14H18N2O4S2. The molecule has 0 saturated heterocycles. The van der Waals surface area contributed by atoms with Gasteiger partial charge in [0.15, 0.2) is 0 Å². The SMILES string of the molecule is COc1cc(C)n(CCNS(=O)(=O)c2ccc(C)s2)c(=O)c1. The molecule has 0 radical (unpaired) electrons. The summed E-state index contributed by atoms with van der Waals surface area (Å²) in [5.74, 6) is 0.494. The summed E-state index contributed by atoms with van der Waals surface area (Å²) in [6, 6.07) is 6.45. The summed E-state index contributed by atoms with van der Waals surface area (Å²) in [5, 5.41) is 0. The molecule has 0 aliphatic rings. The van der Waals surface area contributed by atoms with Crippen molar-refractivity contribution in [1.29, 1.82) is 0 Å². The second-order valence-electron chi connectivity index (χ2n) is 4.79. The van der Waals surface area contributed by atoms with Crippen LogP contribution in [0, 0.1) is 13.8 Å². The second kappa shape index (κ2) is 6.64. The fourth-order valence-corrected chi connectivity index (χ4v) is 4.37. The molecule has 0 bridgehead atoms. The molecule has 2 rings (SSSR count). The van der Waals surface area contributed by atoms with E-state index in [0.717, 1.165) is 10.6 Å². The number of nitrogens with one attached hydrogen (secondary N) is 1. The first kappa shape index (κ1) is 16.7. The highest BCUT2D eigenvalue weighted by atomic mass is 32.2. The first-order valence-corrected chi connectivity index (χ1v) is 8.95.